The lowest BCUT2D eigenvalue weighted by molar-refractivity contribution is 0.111. The molecule has 0 N–H and O–H groups in total. The molecule has 4 nitrogen and oxygen atoms in total. The van der Waals surface area contributed by atoms with Gasteiger partial charge in [0, 0.05) is 5.56 Å². The molecule has 0 bridgehead atoms. The summed E-state index contributed by atoms with van der Waals surface area (Å²) >= 11 is 0. The Morgan fingerprint density at radius 2 is 2.00 bits per heavy atom. The SMILES string of the molecule is COc1ccc(C#N)cc1COc1ccc(F)cc1C=O. The van der Waals surface area contributed by atoms with E-state index in [0.717, 1.165) is 6.07 Å². The van der Waals surface area contributed by atoms with Crippen LogP contribution in [-0.4, -0.2) is 13.4 Å². The van der Waals surface area contributed by atoms with Gasteiger partial charge < -0.3 is 9.47 Å². The van der Waals surface area contributed by atoms with Crippen molar-refractivity contribution in [1.82, 2.24) is 0 Å². The van der Waals surface area contributed by atoms with Crippen LogP contribution in [-0.2, 0) is 6.61 Å². The highest BCUT2D eigenvalue weighted by Gasteiger charge is 2.09. The maximum atomic E-state index is 13.0. The molecule has 2 rings (SSSR count). The Kier molecular flexibility index (Phi) is 4.52. The maximum Gasteiger partial charge on any atom is 0.153 e. The Labute approximate surface area is 121 Å². The quantitative estimate of drug-likeness (QED) is 0.792. The van der Waals surface area contributed by atoms with Crippen molar-refractivity contribution in [2.45, 2.75) is 6.61 Å². The van der Waals surface area contributed by atoms with E-state index in [1.807, 2.05) is 6.07 Å². The maximum absolute atomic E-state index is 13.0. The molecule has 0 unspecified atom stereocenters. The number of benzene rings is 2. The molecule has 0 heterocycles. The summed E-state index contributed by atoms with van der Waals surface area (Å²) in [5.74, 6) is 0.341. The average molecular weight is 285 g/mol. The van der Waals surface area contributed by atoms with Crippen LogP contribution in [0.1, 0.15) is 21.5 Å². The van der Waals surface area contributed by atoms with Gasteiger partial charge >= 0.3 is 0 Å². The Balaban J connectivity index is 2.24. The first kappa shape index (κ1) is 14.5. The lowest BCUT2D eigenvalue weighted by Gasteiger charge is -2.11. The first-order chi connectivity index (χ1) is 10.2. The molecule has 0 aromatic heterocycles. The molecular weight excluding hydrogens is 273 g/mol. The van der Waals surface area contributed by atoms with Gasteiger partial charge in [-0.05, 0) is 36.4 Å². The fourth-order valence-corrected chi connectivity index (χ4v) is 1.86. The average Bonchev–Trinajstić information content (AvgIpc) is 2.53. The summed E-state index contributed by atoms with van der Waals surface area (Å²) in [7, 11) is 1.51. The molecule has 0 atom stereocenters. The molecule has 2 aromatic carbocycles. The lowest BCUT2D eigenvalue weighted by Crippen LogP contribution is -2.01. The standard InChI is InChI=1S/C16H12FNO3/c1-20-15-4-2-11(8-18)6-13(15)10-21-16-5-3-14(17)7-12(16)9-19/h2-7,9H,10H2,1H3. The van der Waals surface area contributed by atoms with E-state index >= 15 is 0 Å². The van der Waals surface area contributed by atoms with Crippen molar-refractivity contribution in [3.05, 3.63) is 58.9 Å². The Morgan fingerprint density at radius 1 is 1.24 bits per heavy atom. The first-order valence-corrected chi connectivity index (χ1v) is 6.12. The summed E-state index contributed by atoms with van der Waals surface area (Å²) in [5, 5.41) is 8.90. The zero-order valence-electron chi connectivity index (χ0n) is 11.3. The largest absolute Gasteiger partial charge is 0.496 e. The van der Waals surface area contributed by atoms with E-state index in [2.05, 4.69) is 0 Å². The Bertz CT molecular complexity index is 707. The van der Waals surface area contributed by atoms with Gasteiger partial charge in [-0.15, -0.1) is 0 Å². The second-order valence-corrected chi connectivity index (χ2v) is 4.23. The van der Waals surface area contributed by atoms with Gasteiger partial charge in [0.2, 0.25) is 0 Å². The zero-order valence-corrected chi connectivity index (χ0v) is 11.3. The molecule has 0 spiro atoms. The molecule has 0 fully saturated rings. The molecule has 0 aliphatic heterocycles. The van der Waals surface area contributed by atoms with E-state index in [0.29, 0.717) is 23.2 Å². The number of ether oxygens (including phenoxy) is 2. The summed E-state index contributed by atoms with van der Waals surface area (Å²) < 4.78 is 23.8. The number of carbonyl (C=O) groups is 1. The van der Waals surface area contributed by atoms with Crippen LogP contribution >= 0.6 is 0 Å². The number of carbonyl (C=O) groups excluding carboxylic acids is 1. The first-order valence-electron chi connectivity index (χ1n) is 6.12. The zero-order chi connectivity index (χ0) is 15.2. The normalized spacial score (nSPS) is 9.76. The van der Waals surface area contributed by atoms with Gasteiger partial charge in [-0.25, -0.2) is 4.39 Å². The molecule has 2 aromatic rings. The summed E-state index contributed by atoms with van der Waals surface area (Å²) in [6.45, 7) is 0.102. The minimum absolute atomic E-state index is 0.102. The monoisotopic (exact) mass is 285 g/mol. The van der Waals surface area contributed by atoms with Crippen LogP contribution in [0.3, 0.4) is 0 Å². The molecule has 0 amide bonds. The molecule has 0 saturated carbocycles. The van der Waals surface area contributed by atoms with Crippen LogP contribution in [0.4, 0.5) is 4.39 Å². The van der Waals surface area contributed by atoms with Crippen molar-refractivity contribution in [2.24, 2.45) is 0 Å². The van der Waals surface area contributed by atoms with E-state index in [1.54, 1.807) is 18.2 Å². The number of rotatable bonds is 5. The summed E-state index contributed by atoms with van der Waals surface area (Å²) in [6, 6.07) is 10.7. The lowest BCUT2D eigenvalue weighted by atomic mass is 10.1. The Morgan fingerprint density at radius 3 is 2.67 bits per heavy atom. The number of hydrogen-bond donors (Lipinski definition) is 0. The van der Waals surface area contributed by atoms with Gasteiger partial charge in [-0.2, -0.15) is 5.26 Å². The molecule has 21 heavy (non-hydrogen) atoms. The van der Waals surface area contributed by atoms with Crippen LogP contribution in [0.25, 0.3) is 0 Å². The van der Waals surface area contributed by atoms with Crippen molar-refractivity contribution in [1.29, 1.82) is 5.26 Å². The predicted octanol–water partition coefficient (Wildman–Crippen LogP) is 3.10. The molecular formula is C16H12FNO3. The minimum atomic E-state index is -0.506. The molecule has 0 saturated heterocycles. The highest BCUT2D eigenvalue weighted by molar-refractivity contribution is 5.79. The second-order valence-electron chi connectivity index (χ2n) is 4.23. The third-order valence-corrected chi connectivity index (χ3v) is 2.89. The van der Waals surface area contributed by atoms with Crippen LogP contribution in [0, 0.1) is 17.1 Å². The predicted molar refractivity (Wildman–Crippen MR) is 73.8 cm³/mol. The van der Waals surface area contributed by atoms with Crippen molar-refractivity contribution >= 4 is 6.29 Å². The number of nitriles is 1. The van der Waals surface area contributed by atoms with E-state index in [9.17, 15) is 9.18 Å². The second kappa shape index (κ2) is 6.53. The smallest absolute Gasteiger partial charge is 0.153 e. The van der Waals surface area contributed by atoms with Crippen molar-refractivity contribution in [3.63, 3.8) is 0 Å². The highest BCUT2D eigenvalue weighted by Crippen LogP contribution is 2.24. The summed E-state index contributed by atoms with van der Waals surface area (Å²) in [5.41, 5.74) is 1.27. The van der Waals surface area contributed by atoms with Crippen molar-refractivity contribution < 1.29 is 18.7 Å². The Hall–Kier alpha value is -2.87. The van der Waals surface area contributed by atoms with Crippen LogP contribution < -0.4 is 9.47 Å². The third-order valence-electron chi connectivity index (χ3n) is 2.89. The number of aldehydes is 1. The number of nitrogens with zero attached hydrogens (tertiary/aromatic N) is 1. The van der Waals surface area contributed by atoms with Gasteiger partial charge in [0.1, 0.15) is 23.9 Å². The molecule has 106 valence electrons. The van der Waals surface area contributed by atoms with Crippen molar-refractivity contribution in [2.75, 3.05) is 7.11 Å². The van der Waals surface area contributed by atoms with Crippen LogP contribution in [0.2, 0.25) is 0 Å². The molecule has 5 heteroatoms. The van der Waals surface area contributed by atoms with Gasteiger partial charge in [-0.3, -0.25) is 4.79 Å². The fraction of sp³-hybridized carbons (Fsp3) is 0.125. The summed E-state index contributed by atoms with van der Waals surface area (Å²) in [4.78, 5) is 10.9. The topological polar surface area (TPSA) is 59.3 Å². The van der Waals surface area contributed by atoms with Gasteiger partial charge in [-0.1, -0.05) is 0 Å². The van der Waals surface area contributed by atoms with Gasteiger partial charge in [0.15, 0.2) is 6.29 Å². The van der Waals surface area contributed by atoms with Gasteiger partial charge in [0.25, 0.3) is 0 Å². The molecule has 0 radical (unpaired) electrons. The minimum Gasteiger partial charge on any atom is -0.496 e. The van der Waals surface area contributed by atoms with Crippen LogP contribution in [0.15, 0.2) is 36.4 Å². The van der Waals surface area contributed by atoms with E-state index in [1.165, 1.54) is 19.2 Å². The number of hydrogen-bond acceptors (Lipinski definition) is 4. The van der Waals surface area contributed by atoms with Crippen molar-refractivity contribution in [3.8, 4) is 17.6 Å². The third kappa shape index (κ3) is 3.37. The van der Waals surface area contributed by atoms with E-state index in [-0.39, 0.29) is 17.9 Å². The molecule has 0 aliphatic carbocycles. The number of methoxy groups -OCH3 is 1. The number of halogens is 1. The highest BCUT2D eigenvalue weighted by atomic mass is 19.1. The van der Waals surface area contributed by atoms with Gasteiger partial charge in [0.05, 0.1) is 24.3 Å². The summed E-state index contributed by atoms with van der Waals surface area (Å²) in [6.07, 6.45) is 0.529. The van der Waals surface area contributed by atoms with E-state index in [4.69, 9.17) is 14.7 Å². The van der Waals surface area contributed by atoms with E-state index < -0.39 is 5.82 Å². The van der Waals surface area contributed by atoms with Crippen LogP contribution in [0.5, 0.6) is 11.5 Å². The fourth-order valence-electron chi connectivity index (χ4n) is 1.86. The molecule has 0 aliphatic rings.